The van der Waals surface area contributed by atoms with Crippen molar-refractivity contribution in [1.82, 2.24) is 10.3 Å². The van der Waals surface area contributed by atoms with E-state index in [0.717, 1.165) is 18.2 Å². The maximum absolute atomic E-state index is 5.63. The maximum atomic E-state index is 5.63. The predicted octanol–water partition coefficient (Wildman–Crippen LogP) is 3.23. The topological polar surface area (TPSA) is 34.1 Å². The van der Waals surface area contributed by atoms with Gasteiger partial charge >= 0.3 is 0 Å². The van der Waals surface area contributed by atoms with E-state index in [9.17, 15) is 0 Å². The molecule has 0 saturated carbocycles. The van der Waals surface area contributed by atoms with Gasteiger partial charge in [0.15, 0.2) is 0 Å². The molecule has 1 aliphatic carbocycles. The Balaban J connectivity index is 2.18. The van der Waals surface area contributed by atoms with Crippen molar-refractivity contribution in [2.24, 2.45) is 0 Å². The SMILES string of the molecule is CCNC1CCCc2sc(C(C)OCC)nc21. The molecule has 1 heterocycles. The molecule has 17 heavy (non-hydrogen) atoms. The van der Waals surface area contributed by atoms with Gasteiger partial charge in [-0.05, 0) is 39.7 Å². The maximum Gasteiger partial charge on any atom is 0.122 e. The first-order valence-electron chi connectivity index (χ1n) is 6.60. The molecule has 4 heteroatoms. The molecule has 0 radical (unpaired) electrons. The largest absolute Gasteiger partial charge is 0.372 e. The van der Waals surface area contributed by atoms with Crippen LogP contribution < -0.4 is 5.32 Å². The number of ether oxygens (including phenoxy) is 1. The normalized spacial score (nSPS) is 21.2. The Morgan fingerprint density at radius 3 is 3.06 bits per heavy atom. The lowest BCUT2D eigenvalue weighted by molar-refractivity contribution is 0.0760. The summed E-state index contributed by atoms with van der Waals surface area (Å²) in [6, 6.07) is 0.461. The van der Waals surface area contributed by atoms with Crippen LogP contribution in [0.2, 0.25) is 0 Å². The van der Waals surface area contributed by atoms with Gasteiger partial charge in [-0.3, -0.25) is 0 Å². The number of aryl methyl sites for hydroxylation is 1. The smallest absolute Gasteiger partial charge is 0.122 e. The lowest BCUT2D eigenvalue weighted by Gasteiger charge is -2.21. The molecule has 0 aromatic carbocycles. The summed E-state index contributed by atoms with van der Waals surface area (Å²) >= 11 is 1.84. The van der Waals surface area contributed by atoms with Gasteiger partial charge < -0.3 is 10.1 Å². The lowest BCUT2D eigenvalue weighted by atomic mass is 9.98. The van der Waals surface area contributed by atoms with Crippen molar-refractivity contribution in [3.8, 4) is 0 Å². The fraction of sp³-hybridized carbons (Fsp3) is 0.769. The molecule has 1 aromatic rings. The molecule has 0 aliphatic heterocycles. The van der Waals surface area contributed by atoms with Crippen LogP contribution >= 0.6 is 11.3 Å². The van der Waals surface area contributed by atoms with E-state index in [2.05, 4.69) is 19.2 Å². The van der Waals surface area contributed by atoms with Crippen LogP contribution in [0.3, 0.4) is 0 Å². The molecule has 1 aromatic heterocycles. The summed E-state index contributed by atoms with van der Waals surface area (Å²) in [5, 5.41) is 4.67. The molecule has 1 N–H and O–H groups in total. The highest BCUT2D eigenvalue weighted by Crippen LogP contribution is 2.35. The zero-order valence-corrected chi connectivity index (χ0v) is 11.8. The van der Waals surface area contributed by atoms with E-state index in [1.807, 2.05) is 18.3 Å². The third kappa shape index (κ3) is 2.87. The molecule has 1 aliphatic rings. The molecule has 0 bridgehead atoms. The van der Waals surface area contributed by atoms with Crippen LogP contribution in [-0.2, 0) is 11.2 Å². The zero-order valence-electron chi connectivity index (χ0n) is 11.0. The van der Waals surface area contributed by atoms with E-state index in [4.69, 9.17) is 9.72 Å². The van der Waals surface area contributed by atoms with Crippen molar-refractivity contribution in [2.45, 2.75) is 52.2 Å². The van der Waals surface area contributed by atoms with Crippen molar-refractivity contribution in [1.29, 1.82) is 0 Å². The average molecular weight is 254 g/mol. The highest BCUT2D eigenvalue weighted by atomic mass is 32.1. The van der Waals surface area contributed by atoms with Gasteiger partial charge in [0.2, 0.25) is 0 Å². The van der Waals surface area contributed by atoms with E-state index in [0.29, 0.717) is 6.04 Å². The highest BCUT2D eigenvalue weighted by Gasteiger charge is 2.25. The Kier molecular flexibility index (Phi) is 4.54. The van der Waals surface area contributed by atoms with Gasteiger partial charge in [-0.1, -0.05) is 6.92 Å². The van der Waals surface area contributed by atoms with E-state index in [1.54, 1.807) is 0 Å². The molecular weight excluding hydrogens is 232 g/mol. The first-order chi connectivity index (χ1) is 8.26. The third-order valence-electron chi connectivity index (χ3n) is 3.19. The number of nitrogens with zero attached hydrogens (tertiary/aromatic N) is 1. The third-order valence-corrected chi connectivity index (χ3v) is 4.48. The standard InChI is InChI=1S/C13H22N2OS/c1-4-14-10-7-6-8-11-12(10)15-13(17-11)9(3)16-5-2/h9-10,14H,4-8H2,1-3H3. The Morgan fingerprint density at radius 2 is 2.35 bits per heavy atom. The lowest BCUT2D eigenvalue weighted by Crippen LogP contribution is -2.24. The van der Waals surface area contributed by atoms with Crippen LogP contribution in [0.5, 0.6) is 0 Å². The van der Waals surface area contributed by atoms with Crippen LogP contribution in [0.1, 0.15) is 61.3 Å². The first kappa shape index (κ1) is 13.0. The van der Waals surface area contributed by atoms with Gasteiger partial charge in [0.05, 0.1) is 11.7 Å². The Labute approximate surface area is 108 Å². The van der Waals surface area contributed by atoms with Gasteiger partial charge in [0.1, 0.15) is 11.1 Å². The van der Waals surface area contributed by atoms with Gasteiger partial charge in [-0.2, -0.15) is 0 Å². The van der Waals surface area contributed by atoms with E-state index in [-0.39, 0.29) is 6.10 Å². The molecule has 0 saturated heterocycles. The Bertz CT molecular complexity index is 364. The number of hydrogen-bond donors (Lipinski definition) is 1. The Morgan fingerprint density at radius 1 is 1.53 bits per heavy atom. The van der Waals surface area contributed by atoms with Crippen LogP contribution in [0.15, 0.2) is 0 Å². The molecule has 96 valence electrons. The fourth-order valence-electron chi connectivity index (χ4n) is 2.38. The monoisotopic (exact) mass is 254 g/mol. The summed E-state index contributed by atoms with van der Waals surface area (Å²) < 4.78 is 5.63. The van der Waals surface area contributed by atoms with Crippen molar-refractivity contribution < 1.29 is 4.74 Å². The summed E-state index contributed by atoms with van der Waals surface area (Å²) in [6.07, 6.45) is 3.81. The van der Waals surface area contributed by atoms with Crippen LogP contribution in [-0.4, -0.2) is 18.1 Å². The average Bonchev–Trinajstić information content (AvgIpc) is 2.75. The number of nitrogens with one attached hydrogen (secondary N) is 1. The molecule has 2 unspecified atom stereocenters. The van der Waals surface area contributed by atoms with Crippen LogP contribution in [0.4, 0.5) is 0 Å². The second kappa shape index (κ2) is 5.94. The summed E-state index contributed by atoms with van der Waals surface area (Å²) in [5.41, 5.74) is 1.28. The number of hydrogen-bond acceptors (Lipinski definition) is 4. The predicted molar refractivity (Wildman–Crippen MR) is 71.5 cm³/mol. The summed E-state index contributed by atoms with van der Waals surface area (Å²) in [6.45, 7) is 8.05. The van der Waals surface area contributed by atoms with Gasteiger partial charge in [-0.15, -0.1) is 11.3 Å². The summed E-state index contributed by atoms with van der Waals surface area (Å²) in [4.78, 5) is 6.26. The first-order valence-corrected chi connectivity index (χ1v) is 7.42. The molecule has 0 spiro atoms. The van der Waals surface area contributed by atoms with Crippen molar-refractivity contribution >= 4 is 11.3 Å². The Hall–Kier alpha value is -0.450. The van der Waals surface area contributed by atoms with Crippen molar-refractivity contribution in [3.63, 3.8) is 0 Å². The molecule has 2 atom stereocenters. The van der Waals surface area contributed by atoms with Crippen LogP contribution in [0, 0.1) is 0 Å². The zero-order chi connectivity index (χ0) is 12.3. The molecule has 3 nitrogen and oxygen atoms in total. The number of rotatable bonds is 5. The quantitative estimate of drug-likeness (QED) is 0.876. The number of aromatic nitrogens is 1. The minimum Gasteiger partial charge on any atom is -0.372 e. The van der Waals surface area contributed by atoms with Crippen molar-refractivity contribution in [3.05, 3.63) is 15.6 Å². The molecule has 0 fully saturated rings. The fourth-order valence-corrected chi connectivity index (χ4v) is 3.55. The van der Waals surface area contributed by atoms with E-state index < -0.39 is 0 Å². The molecular formula is C13H22N2OS. The number of thiazole rings is 1. The highest BCUT2D eigenvalue weighted by molar-refractivity contribution is 7.11. The summed E-state index contributed by atoms with van der Waals surface area (Å²) in [5.74, 6) is 0. The van der Waals surface area contributed by atoms with Gasteiger partial charge in [0, 0.05) is 11.5 Å². The second-order valence-electron chi connectivity index (χ2n) is 4.46. The van der Waals surface area contributed by atoms with Gasteiger partial charge in [-0.25, -0.2) is 4.98 Å². The minimum absolute atomic E-state index is 0.137. The molecule has 2 rings (SSSR count). The molecule has 0 amide bonds. The van der Waals surface area contributed by atoms with Gasteiger partial charge in [0.25, 0.3) is 0 Å². The van der Waals surface area contributed by atoms with Crippen molar-refractivity contribution in [2.75, 3.05) is 13.2 Å². The van der Waals surface area contributed by atoms with Crippen LogP contribution in [0.25, 0.3) is 0 Å². The second-order valence-corrected chi connectivity index (χ2v) is 5.58. The minimum atomic E-state index is 0.137. The van der Waals surface area contributed by atoms with E-state index in [1.165, 1.54) is 29.8 Å². The number of fused-ring (bicyclic) bond motifs is 1. The van der Waals surface area contributed by atoms with E-state index >= 15 is 0 Å². The summed E-state index contributed by atoms with van der Waals surface area (Å²) in [7, 11) is 0.